The monoisotopic (exact) mass is 295 g/mol. The maximum Gasteiger partial charge on any atom is 0.0829 e. The van der Waals surface area contributed by atoms with Crippen molar-refractivity contribution in [3.8, 4) is 0 Å². The number of hydrogen-bond donors (Lipinski definition) is 1. The van der Waals surface area contributed by atoms with Crippen molar-refractivity contribution in [3.63, 3.8) is 0 Å². The third kappa shape index (κ3) is 3.61. The molecule has 0 aromatic rings. The summed E-state index contributed by atoms with van der Waals surface area (Å²) in [7, 11) is 0. The number of piperazine rings is 1. The van der Waals surface area contributed by atoms with Crippen LogP contribution in [0, 0.1) is 5.92 Å². The van der Waals surface area contributed by atoms with E-state index in [4.69, 9.17) is 4.74 Å². The van der Waals surface area contributed by atoms with Crippen LogP contribution in [-0.2, 0) is 4.74 Å². The second kappa shape index (κ2) is 6.95. The van der Waals surface area contributed by atoms with Gasteiger partial charge in [-0.15, -0.1) is 0 Å². The molecule has 0 radical (unpaired) electrons. The van der Waals surface area contributed by atoms with E-state index in [2.05, 4.69) is 35.9 Å². The molecule has 3 saturated heterocycles. The van der Waals surface area contributed by atoms with Crippen LogP contribution in [0.4, 0.5) is 0 Å². The van der Waals surface area contributed by atoms with Crippen LogP contribution in [0.2, 0.25) is 0 Å². The smallest absolute Gasteiger partial charge is 0.0829 e. The third-order valence-electron chi connectivity index (χ3n) is 5.74. The molecule has 0 aliphatic carbocycles. The van der Waals surface area contributed by atoms with Crippen LogP contribution in [0.1, 0.15) is 40.0 Å². The van der Waals surface area contributed by atoms with Crippen LogP contribution in [-0.4, -0.2) is 73.4 Å². The Morgan fingerprint density at radius 3 is 2.90 bits per heavy atom. The van der Waals surface area contributed by atoms with E-state index in [0.717, 1.165) is 32.3 Å². The maximum atomic E-state index is 6.18. The zero-order valence-electron chi connectivity index (χ0n) is 14.1. The van der Waals surface area contributed by atoms with Gasteiger partial charge in [0.25, 0.3) is 0 Å². The summed E-state index contributed by atoms with van der Waals surface area (Å²) in [6.45, 7) is 13.8. The van der Waals surface area contributed by atoms with Gasteiger partial charge in [0.1, 0.15) is 0 Å². The molecule has 4 heteroatoms. The van der Waals surface area contributed by atoms with Gasteiger partial charge < -0.3 is 10.1 Å². The minimum atomic E-state index is 0.416. The van der Waals surface area contributed by atoms with E-state index < -0.39 is 0 Å². The molecule has 3 aliphatic rings. The van der Waals surface area contributed by atoms with Gasteiger partial charge in [0.05, 0.1) is 12.7 Å². The van der Waals surface area contributed by atoms with Crippen LogP contribution in [0.15, 0.2) is 0 Å². The minimum absolute atomic E-state index is 0.416. The molecule has 0 spiro atoms. The molecule has 4 atom stereocenters. The molecule has 0 amide bonds. The fourth-order valence-electron chi connectivity index (χ4n) is 4.21. The van der Waals surface area contributed by atoms with Crippen molar-refractivity contribution in [1.29, 1.82) is 0 Å². The summed E-state index contributed by atoms with van der Waals surface area (Å²) in [5, 5.41) is 3.73. The van der Waals surface area contributed by atoms with Crippen LogP contribution >= 0.6 is 0 Å². The first-order valence-electron chi connectivity index (χ1n) is 9.00. The summed E-state index contributed by atoms with van der Waals surface area (Å²) in [6.07, 6.45) is 4.35. The van der Waals surface area contributed by atoms with E-state index in [9.17, 15) is 0 Å². The Morgan fingerprint density at radius 1 is 1.29 bits per heavy atom. The van der Waals surface area contributed by atoms with Gasteiger partial charge in [0.15, 0.2) is 0 Å². The summed E-state index contributed by atoms with van der Waals surface area (Å²) < 4.78 is 6.18. The van der Waals surface area contributed by atoms with Crippen LogP contribution in [0.3, 0.4) is 0 Å². The second-order valence-electron chi connectivity index (χ2n) is 7.52. The molecule has 1 N–H and O–H groups in total. The lowest BCUT2D eigenvalue weighted by atomic mass is 9.98. The second-order valence-corrected chi connectivity index (χ2v) is 7.52. The zero-order chi connectivity index (χ0) is 14.8. The fraction of sp³-hybridized carbons (Fsp3) is 1.00. The first-order chi connectivity index (χ1) is 10.2. The fourth-order valence-corrected chi connectivity index (χ4v) is 4.21. The Morgan fingerprint density at radius 2 is 2.14 bits per heavy atom. The molecule has 4 nitrogen and oxygen atoms in total. The average Bonchev–Trinajstić information content (AvgIpc) is 2.94. The van der Waals surface area contributed by atoms with Crippen molar-refractivity contribution in [1.82, 2.24) is 15.1 Å². The van der Waals surface area contributed by atoms with Crippen molar-refractivity contribution in [2.75, 3.05) is 39.3 Å². The summed E-state index contributed by atoms with van der Waals surface area (Å²) in [5.74, 6) is 0.709. The van der Waals surface area contributed by atoms with Crippen LogP contribution < -0.4 is 5.32 Å². The van der Waals surface area contributed by atoms with Gasteiger partial charge in [-0.3, -0.25) is 9.80 Å². The number of ether oxygens (including phenoxy) is 1. The molecule has 122 valence electrons. The normalized spacial score (nSPS) is 38.9. The van der Waals surface area contributed by atoms with E-state index >= 15 is 0 Å². The first kappa shape index (κ1) is 15.7. The largest absolute Gasteiger partial charge is 0.374 e. The van der Waals surface area contributed by atoms with E-state index in [1.54, 1.807) is 0 Å². The molecule has 21 heavy (non-hydrogen) atoms. The first-order valence-corrected chi connectivity index (χ1v) is 9.00. The molecule has 0 aromatic carbocycles. The molecule has 0 saturated carbocycles. The quantitative estimate of drug-likeness (QED) is 0.852. The number of nitrogens with zero attached hydrogens (tertiary/aromatic N) is 2. The van der Waals surface area contributed by atoms with E-state index in [1.807, 2.05) is 0 Å². The van der Waals surface area contributed by atoms with Crippen molar-refractivity contribution in [3.05, 3.63) is 0 Å². The van der Waals surface area contributed by atoms with Crippen LogP contribution in [0.5, 0.6) is 0 Å². The highest BCUT2D eigenvalue weighted by Gasteiger charge is 2.35. The van der Waals surface area contributed by atoms with Gasteiger partial charge in [-0.25, -0.2) is 0 Å². The van der Waals surface area contributed by atoms with E-state index in [1.165, 1.54) is 32.4 Å². The Labute approximate surface area is 130 Å². The van der Waals surface area contributed by atoms with Gasteiger partial charge in [-0.1, -0.05) is 20.8 Å². The highest BCUT2D eigenvalue weighted by molar-refractivity contribution is 4.91. The summed E-state index contributed by atoms with van der Waals surface area (Å²) in [4.78, 5) is 5.36. The van der Waals surface area contributed by atoms with Crippen molar-refractivity contribution < 1.29 is 4.74 Å². The number of nitrogens with one attached hydrogen (secondary N) is 1. The Hall–Kier alpha value is -0.160. The van der Waals surface area contributed by atoms with Crippen LogP contribution in [0.25, 0.3) is 0 Å². The third-order valence-corrected chi connectivity index (χ3v) is 5.74. The molecule has 3 rings (SSSR count). The molecule has 3 aliphatic heterocycles. The van der Waals surface area contributed by atoms with Gasteiger partial charge in [0, 0.05) is 44.3 Å². The molecule has 3 fully saturated rings. The zero-order valence-corrected chi connectivity index (χ0v) is 14.1. The molecule has 3 heterocycles. The highest BCUT2D eigenvalue weighted by atomic mass is 16.5. The lowest BCUT2D eigenvalue weighted by Gasteiger charge is -2.44. The van der Waals surface area contributed by atoms with E-state index in [0.29, 0.717) is 24.1 Å². The summed E-state index contributed by atoms with van der Waals surface area (Å²) in [5.41, 5.74) is 0. The molecule has 4 unspecified atom stereocenters. The maximum absolute atomic E-state index is 6.18. The molecule has 0 aromatic heterocycles. The SMILES string of the molecule is CCC1CNC(C(C)C)CN1CC1CN2CCCC2CO1. The average molecular weight is 295 g/mol. The molecule has 0 bridgehead atoms. The van der Waals surface area contributed by atoms with E-state index in [-0.39, 0.29) is 0 Å². The van der Waals surface area contributed by atoms with Crippen molar-refractivity contribution in [2.45, 2.75) is 64.3 Å². The lowest BCUT2D eigenvalue weighted by Crippen LogP contribution is -2.60. The van der Waals surface area contributed by atoms with Crippen molar-refractivity contribution >= 4 is 0 Å². The Balaban J connectivity index is 1.56. The number of rotatable bonds is 4. The standard InChI is InChI=1S/C17H33N3O/c1-4-14-8-18-17(13(2)3)11-20(14)10-16-9-19-7-5-6-15(19)12-21-16/h13-18H,4-12H2,1-3H3. The Bertz CT molecular complexity index is 336. The molecular formula is C17H33N3O. The van der Waals surface area contributed by atoms with Gasteiger partial charge in [0.2, 0.25) is 0 Å². The van der Waals surface area contributed by atoms with Gasteiger partial charge in [-0.2, -0.15) is 0 Å². The molecular weight excluding hydrogens is 262 g/mol. The predicted octanol–water partition coefficient (Wildman–Crippen LogP) is 1.56. The van der Waals surface area contributed by atoms with Gasteiger partial charge >= 0.3 is 0 Å². The highest BCUT2D eigenvalue weighted by Crippen LogP contribution is 2.24. The number of morpholine rings is 1. The summed E-state index contributed by atoms with van der Waals surface area (Å²) in [6, 6.07) is 2.03. The van der Waals surface area contributed by atoms with Crippen molar-refractivity contribution in [2.24, 2.45) is 5.92 Å². The predicted molar refractivity (Wildman–Crippen MR) is 86.6 cm³/mol. The minimum Gasteiger partial charge on any atom is -0.374 e. The van der Waals surface area contributed by atoms with Gasteiger partial charge in [-0.05, 0) is 31.7 Å². The lowest BCUT2D eigenvalue weighted by molar-refractivity contribution is -0.0702. The number of hydrogen-bond acceptors (Lipinski definition) is 4. The topological polar surface area (TPSA) is 27.7 Å². The summed E-state index contributed by atoms with van der Waals surface area (Å²) >= 11 is 0. The number of fused-ring (bicyclic) bond motifs is 1. The Kier molecular flexibility index (Phi) is 5.20.